The Morgan fingerprint density at radius 3 is 2.25 bits per heavy atom. The lowest BCUT2D eigenvalue weighted by molar-refractivity contribution is -0.113. The molecule has 0 bridgehead atoms. The summed E-state index contributed by atoms with van der Waals surface area (Å²) in [6, 6.07) is 14.0. The van der Waals surface area contributed by atoms with Gasteiger partial charge in [0.15, 0.2) is 0 Å². The summed E-state index contributed by atoms with van der Waals surface area (Å²) in [6.07, 6.45) is 2.88. The number of carboxylic acids is 1. The van der Waals surface area contributed by atoms with Gasteiger partial charge in [0.2, 0.25) is 5.91 Å². The van der Waals surface area contributed by atoms with Gasteiger partial charge in [-0.2, -0.15) is 0 Å². The maximum atomic E-state index is 11.2. The maximum Gasteiger partial charge on any atom is 0.336 e. The minimum absolute atomic E-state index is 0.257. The Labute approximate surface area is 116 Å². The van der Waals surface area contributed by atoms with Crippen molar-refractivity contribution in [2.75, 3.05) is 0 Å². The average Bonchev–Trinajstić information content (AvgIpc) is 2.45. The number of aromatic carboxylic acids is 1. The molecule has 0 aliphatic heterocycles. The van der Waals surface area contributed by atoms with Crippen LogP contribution in [0, 0.1) is 0 Å². The molecule has 3 N–H and O–H groups in total. The highest BCUT2D eigenvalue weighted by molar-refractivity contribution is 5.96. The number of hydrogen-bond acceptors (Lipinski definition) is 2. The molecule has 0 saturated carbocycles. The van der Waals surface area contributed by atoms with E-state index < -0.39 is 11.9 Å². The fourth-order valence-electron chi connectivity index (χ4n) is 1.87. The van der Waals surface area contributed by atoms with Gasteiger partial charge >= 0.3 is 5.97 Å². The molecule has 2 aromatic carbocycles. The van der Waals surface area contributed by atoms with Crippen molar-refractivity contribution in [2.24, 2.45) is 5.73 Å². The van der Waals surface area contributed by atoms with Crippen LogP contribution in [0.2, 0.25) is 0 Å². The van der Waals surface area contributed by atoms with E-state index in [1.807, 2.05) is 12.1 Å². The Morgan fingerprint density at radius 2 is 1.65 bits per heavy atom. The molecule has 0 unspecified atom stereocenters. The van der Waals surface area contributed by atoms with Gasteiger partial charge in [-0.25, -0.2) is 4.79 Å². The lowest BCUT2D eigenvalue weighted by atomic mass is 9.99. The first kappa shape index (κ1) is 13.5. The zero-order valence-electron chi connectivity index (χ0n) is 10.6. The van der Waals surface area contributed by atoms with E-state index in [9.17, 15) is 9.59 Å². The summed E-state index contributed by atoms with van der Waals surface area (Å²) >= 11 is 0. The van der Waals surface area contributed by atoms with Crippen molar-refractivity contribution < 1.29 is 14.7 Å². The first-order valence-electron chi connectivity index (χ1n) is 5.98. The number of carboxylic acid groups (broad SMARTS) is 1. The second-order valence-electron chi connectivity index (χ2n) is 4.21. The predicted octanol–water partition coefficient (Wildman–Crippen LogP) is 2.55. The molecule has 4 nitrogen and oxygen atoms in total. The third-order valence-electron chi connectivity index (χ3n) is 2.82. The normalized spacial score (nSPS) is 10.6. The van der Waals surface area contributed by atoms with E-state index in [2.05, 4.69) is 0 Å². The third-order valence-corrected chi connectivity index (χ3v) is 2.82. The number of carbonyl (C=O) groups excluding carboxylic acids is 1. The standard InChI is InChI=1S/C16H13NO3/c17-15(18)10-7-11-5-8-12(9-6-11)13-3-1-2-4-14(13)16(19)20/h1-10H,(H2,17,18)(H,19,20)/b10-7-. The summed E-state index contributed by atoms with van der Waals surface area (Å²) in [5.41, 5.74) is 7.56. The fraction of sp³-hybridized carbons (Fsp3) is 0. The van der Waals surface area contributed by atoms with Gasteiger partial charge in [-0.05, 0) is 28.8 Å². The molecule has 0 saturated heterocycles. The van der Waals surface area contributed by atoms with Crippen LogP contribution in [0.5, 0.6) is 0 Å². The second kappa shape index (κ2) is 5.84. The summed E-state index contributed by atoms with van der Waals surface area (Å²) in [7, 11) is 0. The van der Waals surface area contributed by atoms with E-state index in [0.717, 1.165) is 11.1 Å². The minimum atomic E-state index is -0.960. The molecule has 0 aliphatic rings. The van der Waals surface area contributed by atoms with E-state index in [4.69, 9.17) is 10.8 Å². The lowest BCUT2D eigenvalue weighted by Crippen LogP contribution is -2.05. The first-order valence-corrected chi connectivity index (χ1v) is 5.98. The molecular formula is C16H13NO3. The summed E-state index contributed by atoms with van der Waals surface area (Å²) in [6.45, 7) is 0. The average molecular weight is 267 g/mol. The van der Waals surface area contributed by atoms with Crippen LogP contribution in [-0.2, 0) is 4.79 Å². The van der Waals surface area contributed by atoms with E-state index in [-0.39, 0.29) is 5.56 Å². The van der Waals surface area contributed by atoms with Crippen LogP contribution >= 0.6 is 0 Å². The fourth-order valence-corrected chi connectivity index (χ4v) is 1.87. The van der Waals surface area contributed by atoms with E-state index in [0.29, 0.717) is 5.56 Å². The summed E-state index contributed by atoms with van der Waals surface area (Å²) in [5.74, 6) is -1.47. The van der Waals surface area contributed by atoms with Crippen LogP contribution in [0.15, 0.2) is 54.6 Å². The SMILES string of the molecule is NC(=O)/C=C\c1ccc(-c2ccccc2C(=O)O)cc1. The van der Waals surface area contributed by atoms with Crippen LogP contribution in [0.4, 0.5) is 0 Å². The summed E-state index contributed by atoms with van der Waals surface area (Å²) < 4.78 is 0. The molecule has 0 radical (unpaired) electrons. The molecule has 20 heavy (non-hydrogen) atoms. The number of benzene rings is 2. The number of hydrogen-bond donors (Lipinski definition) is 2. The van der Waals surface area contributed by atoms with Gasteiger partial charge in [-0.15, -0.1) is 0 Å². The van der Waals surface area contributed by atoms with Crippen molar-refractivity contribution in [3.05, 3.63) is 65.7 Å². The highest BCUT2D eigenvalue weighted by atomic mass is 16.4. The number of amides is 1. The van der Waals surface area contributed by atoms with Gasteiger partial charge in [0.25, 0.3) is 0 Å². The van der Waals surface area contributed by atoms with Crippen LogP contribution in [0.25, 0.3) is 17.2 Å². The van der Waals surface area contributed by atoms with Crippen LogP contribution in [-0.4, -0.2) is 17.0 Å². The Kier molecular flexibility index (Phi) is 3.96. The highest BCUT2D eigenvalue weighted by Crippen LogP contribution is 2.24. The van der Waals surface area contributed by atoms with Crippen molar-refractivity contribution in [2.45, 2.75) is 0 Å². The quantitative estimate of drug-likeness (QED) is 0.835. The van der Waals surface area contributed by atoms with E-state index in [1.165, 1.54) is 6.08 Å². The summed E-state index contributed by atoms with van der Waals surface area (Å²) in [5, 5.41) is 9.16. The van der Waals surface area contributed by atoms with E-state index >= 15 is 0 Å². The largest absolute Gasteiger partial charge is 0.478 e. The van der Waals surface area contributed by atoms with Gasteiger partial charge in [0.05, 0.1) is 5.56 Å². The molecule has 0 aliphatic carbocycles. The predicted molar refractivity (Wildman–Crippen MR) is 77.1 cm³/mol. The smallest absolute Gasteiger partial charge is 0.336 e. The van der Waals surface area contributed by atoms with Gasteiger partial charge in [-0.1, -0.05) is 42.5 Å². The van der Waals surface area contributed by atoms with Gasteiger partial charge in [0, 0.05) is 6.08 Å². The monoisotopic (exact) mass is 267 g/mol. The van der Waals surface area contributed by atoms with E-state index in [1.54, 1.807) is 42.5 Å². The first-order chi connectivity index (χ1) is 9.58. The molecule has 0 spiro atoms. The zero-order valence-corrected chi connectivity index (χ0v) is 10.6. The number of primary amides is 1. The molecular weight excluding hydrogens is 254 g/mol. The molecule has 100 valence electrons. The number of carbonyl (C=O) groups is 2. The van der Waals surface area contributed by atoms with Crippen molar-refractivity contribution in [1.29, 1.82) is 0 Å². The van der Waals surface area contributed by atoms with Crippen molar-refractivity contribution in [3.8, 4) is 11.1 Å². The Bertz CT molecular complexity index is 672. The zero-order chi connectivity index (χ0) is 14.5. The minimum Gasteiger partial charge on any atom is -0.478 e. The van der Waals surface area contributed by atoms with Crippen molar-refractivity contribution >= 4 is 18.0 Å². The molecule has 4 heteroatoms. The third kappa shape index (κ3) is 3.11. The molecule has 0 aromatic heterocycles. The topological polar surface area (TPSA) is 80.4 Å². The van der Waals surface area contributed by atoms with Gasteiger partial charge in [-0.3, -0.25) is 4.79 Å². The van der Waals surface area contributed by atoms with Gasteiger partial charge in [0.1, 0.15) is 0 Å². The van der Waals surface area contributed by atoms with Crippen LogP contribution in [0.3, 0.4) is 0 Å². The molecule has 0 heterocycles. The molecule has 2 aromatic rings. The van der Waals surface area contributed by atoms with Crippen LogP contribution < -0.4 is 5.73 Å². The second-order valence-corrected chi connectivity index (χ2v) is 4.21. The molecule has 0 fully saturated rings. The number of rotatable bonds is 4. The Morgan fingerprint density at radius 1 is 1.00 bits per heavy atom. The van der Waals surface area contributed by atoms with Gasteiger partial charge < -0.3 is 10.8 Å². The molecule has 0 atom stereocenters. The Hall–Kier alpha value is -2.88. The Balaban J connectivity index is 2.36. The summed E-state index contributed by atoms with van der Waals surface area (Å²) in [4.78, 5) is 21.8. The maximum absolute atomic E-state index is 11.2. The molecule has 2 rings (SSSR count). The molecule has 1 amide bonds. The number of nitrogens with two attached hydrogens (primary N) is 1. The van der Waals surface area contributed by atoms with Crippen LogP contribution in [0.1, 0.15) is 15.9 Å². The van der Waals surface area contributed by atoms with Crippen molar-refractivity contribution in [3.63, 3.8) is 0 Å². The van der Waals surface area contributed by atoms with Crippen molar-refractivity contribution in [1.82, 2.24) is 0 Å². The lowest BCUT2D eigenvalue weighted by Gasteiger charge is -2.06. The highest BCUT2D eigenvalue weighted by Gasteiger charge is 2.10.